The normalized spacial score (nSPS) is 10.4. The summed E-state index contributed by atoms with van der Waals surface area (Å²) >= 11 is 0. The van der Waals surface area contributed by atoms with E-state index in [1.54, 1.807) is 0 Å². The predicted molar refractivity (Wildman–Crippen MR) is 77.0 cm³/mol. The second kappa shape index (κ2) is 7.56. The smallest absolute Gasteiger partial charge is 0.0717 e. The van der Waals surface area contributed by atoms with Crippen molar-refractivity contribution in [2.45, 2.75) is 13.2 Å². The average Bonchev–Trinajstić information content (AvgIpc) is 2.48. The summed E-state index contributed by atoms with van der Waals surface area (Å²) in [5, 5.41) is 12.3. The number of ether oxygens (including phenoxy) is 1. The van der Waals surface area contributed by atoms with E-state index in [4.69, 9.17) is 9.84 Å². The van der Waals surface area contributed by atoms with Crippen LogP contribution in [0.15, 0.2) is 54.6 Å². The van der Waals surface area contributed by atoms with E-state index in [1.165, 1.54) is 5.56 Å². The van der Waals surface area contributed by atoms with E-state index in [2.05, 4.69) is 17.4 Å². The molecule has 0 spiro atoms. The highest BCUT2D eigenvalue weighted by Gasteiger charge is 1.95. The van der Waals surface area contributed by atoms with Crippen LogP contribution in [0.5, 0.6) is 0 Å². The number of rotatable bonds is 7. The highest BCUT2D eigenvalue weighted by atomic mass is 16.5. The van der Waals surface area contributed by atoms with Gasteiger partial charge in [-0.05, 0) is 23.3 Å². The summed E-state index contributed by atoms with van der Waals surface area (Å²) in [6.45, 7) is 2.11. The van der Waals surface area contributed by atoms with Crippen molar-refractivity contribution in [3.63, 3.8) is 0 Å². The van der Waals surface area contributed by atoms with Crippen LogP contribution in [0.4, 0.5) is 5.69 Å². The van der Waals surface area contributed by atoms with Gasteiger partial charge >= 0.3 is 0 Å². The third-order valence-corrected chi connectivity index (χ3v) is 2.80. The Labute approximate surface area is 113 Å². The molecule has 0 aliphatic carbocycles. The Morgan fingerprint density at radius 1 is 0.947 bits per heavy atom. The van der Waals surface area contributed by atoms with E-state index in [-0.39, 0.29) is 6.61 Å². The lowest BCUT2D eigenvalue weighted by molar-refractivity contribution is 0.130. The summed E-state index contributed by atoms with van der Waals surface area (Å²) in [6, 6.07) is 17.9. The monoisotopic (exact) mass is 257 g/mol. The zero-order chi connectivity index (χ0) is 13.3. The van der Waals surface area contributed by atoms with Gasteiger partial charge in [0.1, 0.15) is 0 Å². The number of nitrogens with one attached hydrogen (secondary N) is 1. The molecule has 0 amide bonds. The third-order valence-electron chi connectivity index (χ3n) is 2.80. The molecule has 2 rings (SSSR count). The maximum absolute atomic E-state index is 9.05. The molecule has 0 unspecified atom stereocenters. The van der Waals surface area contributed by atoms with Crippen LogP contribution in [0.2, 0.25) is 0 Å². The number of hydrogen-bond acceptors (Lipinski definition) is 3. The number of hydrogen-bond donors (Lipinski definition) is 2. The highest BCUT2D eigenvalue weighted by molar-refractivity contribution is 5.45. The van der Waals surface area contributed by atoms with Crippen molar-refractivity contribution in [2.75, 3.05) is 18.5 Å². The minimum atomic E-state index is 0.0695. The first-order valence-electron chi connectivity index (χ1n) is 6.44. The van der Waals surface area contributed by atoms with Crippen LogP contribution in [-0.4, -0.2) is 18.3 Å². The zero-order valence-electron chi connectivity index (χ0n) is 10.9. The van der Waals surface area contributed by atoms with Crippen molar-refractivity contribution in [2.24, 2.45) is 0 Å². The molecule has 100 valence electrons. The Hall–Kier alpha value is -1.84. The first-order valence-corrected chi connectivity index (χ1v) is 6.44. The Morgan fingerprint density at radius 3 is 2.53 bits per heavy atom. The highest BCUT2D eigenvalue weighted by Crippen LogP contribution is 2.10. The van der Waals surface area contributed by atoms with E-state index >= 15 is 0 Å². The average molecular weight is 257 g/mol. The molecule has 0 bridgehead atoms. The summed E-state index contributed by atoms with van der Waals surface area (Å²) in [5.41, 5.74) is 3.11. The van der Waals surface area contributed by atoms with Gasteiger partial charge in [-0.15, -0.1) is 0 Å². The lowest BCUT2D eigenvalue weighted by atomic mass is 10.2. The van der Waals surface area contributed by atoms with Gasteiger partial charge < -0.3 is 15.2 Å². The van der Waals surface area contributed by atoms with Gasteiger partial charge in [-0.3, -0.25) is 0 Å². The van der Waals surface area contributed by atoms with Gasteiger partial charge in [-0.25, -0.2) is 0 Å². The molecule has 0 aliphatic heterocycles. The molecule has 0 atom stereocenters. The lowest BCUT2D eigenvalue weighted by Crippen LogP contribution is -2.09. The van der Waals surface area contributed by atoms with E-state index in [0.717, 1.165) is 17.8 Å². The fourth-order valence-corrected chi connectivity index (χ4v) is 1.81. The van der Waals surface area contributed by atoms with Crippen LogP contribution in [0.25, 0.3) is 0 Å². The van der Waals surface area contributed by atoms with Crippen LogP contribution in [0, 0.1) is 0 Å². The quantitative estimate of drug-likeness (QED) is 0.749. The van der Waals surface area contributed by atoms with Crippen LogP contribution in [0.3, 0.4) is 0 Å². The number of aliphatic hydroxyl groups is 1. The Balaban J connectivity index is 1.66. The van der Waals surface area contributed by atoms with E-state index in [9.17, 15) is 0 Å². The SMILES string of the molecule is OCc1cccc(NCCOCc2ccccc2)c1. The van der Waals surface area contributed by atoms with Crippen LogP contribution in [0.1, 0.15) is 11.1 Å². The predicted octanol–water partition coefficient (Wildman–Crippen LogP) is 2.81. The molecule has 0 fully saturated rings. The van der Waals surface area contributed by atoms with Crippen molar-refractivity contribution < 1.29 is 9.84 Å². The molecular weight excluding hydrogens is 238 g/mol. The number of aliphatic hydroxyl groups excluding tert-OH is 1. The van der Waals surface area contributed by atoms with Crippen molar-refractivity contribution in [1.29, 1.82) is 0 Å². The molecule has 3 nitrogen and oxygen atoms in total. The number of anilines is 1. The summed E-state index contributed by atoms with van der Waals surface area (Å²) < 4.78 is 5.59. The summed E-state index contributed by atoms with van der Waals surface area (Å²) in [6.07, 6.45) is 0. The Morgan fingerprint density at radius 2 is 1.74 bits per heavy atom. The van der Waals surface area contributed by atoms with Crippen LogP contribution < -0.4 is 5.32 Å². The molecule has 0 saturated heterocycles. The van der Waals surface area contributed by atoms with Gasteiger partial charge in [-0.1, -0.05) is 42.5 Å². The third kappa shape index (κ3) is 4.73. The van der Waals surface area contributed by atoms with Gasteiger partial charge in [0.05, 0.1) is 19.8 Å². The fourth-order valence-electron chi connectivity index (χ4n) is 1.81. The molecule has 0 heterocycles. The Kier molecular flexibility index (Phi) is 5.41. The van der Waals surface area contributed by atoms with Gasteiger partial charge in [0, 0.05) is 12.2 Å². The van der Waals surface area contributed by atoms with Crippen LogP contribution in [-0.2, 0) is 18.0 Å². The van der Waals surface area contributed by atoms with Gasteiger partial charge in [0.15, 0.2) is 0 Å². The van der Waals surface area contributed by atoms with E-state index in [1.807, 2.05) is 42.5 Å². The molecule has 0 aromatic heterocycles. The largest absolute Gasteiger partial charge is 0.392 e. The number of benzene rings is 2. The van der Waals surface area contributed by atoms with Crippen molar-refractivity contribution in [3.8, 4) is 0 Å². The van der Waals surface area contributed by atoms with E-state index in [0.29, 0.717) is 13.2 Å². The molecule has 19 heavy (non-hydrogen) atoms. The minimum absolute atomic E-state index is 0.0695. The Bertz CT molecular complexity index is 485. The summed E-state index contributed by atoms with van der Waals surface area (Å²) in [7, 11) is 0. The summed E-state index contributed by atoms with van der Waals surface area (Å²) in [4.78, 5) is 0. The summed E-state index contributed by atoms with van der Waals surface area (Å²) in [5.74, 6) is 0. The molecule has 2 N–H and O–H groups in total. The first kappa shape index (κ1) is 13.6. The molecule has 2 aromatic rings. The van der Waals surface area contributed by atoms with Gasteiger partial charge in [0.25, 0.3) is 0 Å². The van der Waals surface area contributed by atoms with Crippen LogP contribution >= 0.6 is 0 Å². The second-order valence-electron chi connectivity index (χ2n) is 4.32. The standard InChI is InChI=1S/C16H19NO2/c18-12-15-7-4-8-16(11-15)17-9-10-19-13-14-5-2-1-3-6-14/h1-8,11,17-18H,9-10,12-13H2. The molecule has 0 saturated carbocycles. The first-order chi connectivity index (χ1) is 9.38. The molecule has 0 aliphatic rings. The maximum Gasteiger partial charge on any atom is 0.0717 e. The van der Waals surface area contributed by atoms with Gasteiger partial charge in [-0.2, -0.15) is 0 Å². The molecule has 3 heteroatoms. The minimum Gasteiger partial charge on any atom is -0.392 e. The second-order valence-corrected chi connectivity index (χ2v) is 4.32. The van der Waals surface area contributed by atoms with Crippen molar-refractivity contribution >= 4 is 5.69 Å². The zero-order valence-corrected chi connectivity index (χ0v) is 10.9. The van der Waals surface area contributed by atoms with Crippen molar-refractivity contribution in [3.05, 3.63) is 65.7 Å². The molecule has 0 radical (unpaired) electrons. The van der Waals surface area contributed by atoms with E-state index < -0.39 is 0 Å². The van der Waals surface area contributed by atoms with Crippen molar-refractivity contribution in [1.82, 2.24) is 0 Å². The topological polar surface area (TPSA) is 41.5 Å². The van der Waals surface area contributed by atoms with Gasteiger partial charge in [0.2, 0.25) is 0 Å². The maximum atomic E-state index is 9.05. The molecular formula is C16H19NO2. The fraction of sp³-hybridized carbons (Fsp3) is 0.250. The molecule has 2 aromatic carbocycles. The lowest BCUT2D eigenvalue weighted by Gasteiger charge is -2.08.